The highest BCUT2D eigenvalue weighted by Crippen LogP contribution is 2.49. The standard InChI is InChI=1S/C7H12O2S2/c1-10-4-3-6(11(10)2)5-7(8)9/h6H,1-5H2,(H,8,9). The van der Waals surface area contributed by atoms with Gasteiger partial charge in [-0.25, -0.2) is 0 Å². The highest BCUT2D eigenvalue weighted by atomic mass is 33.1. The molecule has 0 aromatic heterocycles. The Balaban J connectivity index is 2.55. The molecule has 3 atom stereocenters. The van der Waals surface area contributed by atoms with Gasteiger partial charge in [0.25, 0.3) is 0 Å². The highest BCUT2D eigenvalue weighted by molar-refractivity contribution is 8.89. The minimum Gasteiger partial charge on any atom is -0.481 e. The first-order valence-electron chi connectivity index (χ1n) is 3.37. The molecule has 1 fully saturated rings. The van der Waals surface area contributed by atoms with E-state index >= 15 is 0 Å². The Hall–Kier alpha value is -0.0900. The third-order valence-corrected chi connectivity index (χ3v) is 7.32. The molecule has 0 aliphatic carbocycles. The Morgan fingerprint density at radius 1 is 1.64 bits per heavy atom. The first-order chi connectivity index (χ1) is 5.11. The lowest BCUT2D eigenvalue weighted by molar-refractivity contribution is -0.136. The minimum absolute atomic E-state index is 0.00988. The molecular formula is C7H12O2S2. The van der Waals surface area contributed by atoms with Crippen molar-refractivity contribution < 1.29 is 9.90 Å². The Kier molecular flexibility index (Phi) is 2.90. The van der Waals surface area contributed by atoms with Crippen molar-refractivity contribution >= 4 is 36.7 Å². The van der Waals surface area contributed by atoms with E-state index in [9.17, 15) is 4.79 Å². The van der Waals surface area contributed by atoms with Crippen molar-refractivity contribution in [2.24, 2.45) is 0 Å². The van der Waals surface area contributed by atoms with Crippen LogP contribution in [0.2, 0.25) is 0 Å². The summed E-state index contributed by atoms with van der Waals surface area (Å²) in [5, 5.41) is 8.84. The van der Waals surface area contributed by atoms with Crippen LogP contribution in [0.4, 0.5) is 0 Å². The molecule has 0 aromatic carbocycles. The first kappa shape index (κ1) is 9.00. The second-order valence-corrected chi connectivity index (χ2v) is 7.95. The Labute approximate surface area is 70.9 Å². The van der Waals surface area contributed by atoms with Gasteiger partial charge >= 0.3 is 5.97 Å². The van der Waals surface area contributed by atoms with Crippen molar-refractivity contribution in [2.75, 3.05) is 5.75 Å². The SMILES string of the molecule is C=S1CCC(CC(=O)O)S1=C. The predicted molar refractivity (Wildman–Crippen MR) is 54.9 cm³/mol. The van der Waals surface area contributed by atoms with Crippen LogP contribution >= 0.6 is 19.0 Å². The van der Waals surface area contributed by atoms with Crippen molar-refractivity contribution in [2.45, 2.75) is 18.1 Å². The van der Waals surface area contributed by atoms with Crippen LogP contribution in [0.1, 0.15) is 12.8 Å². The number of hydrogen-bond acceptors (Lipinski definition) is 1. The maximum atomic E-state index is 10.4. The minimum atomic E-state index is -0.699. The molecule has 0 bridgehead atoms. The highest BCUT2D eigenvalue weighted by Gasteiger charge is 2.22. The maximum absolute atomic E-state index is 10.4. The molecular weight excluding hydrogens is 180 g/mol. The fraction of sp³-hybridized carbons (Fsp3) is 0.571. The average Bonchev–Trinajstić information content (AvgIpc) is 2.18. The molecule has 3 unspecified atom stereocenters. The average molecular weight is 192 g/mol. The van der Waals surface area contributed by atoms with Crippen LogP contribution in [0, 0.1) is 0 Å². The Bertz CT molecular complexity index is 222. The van der Waals surface area contributed by atoms with E-state index in [1.165, 1.54) is 0 Å². The lowest BCUT2D eigenvalue weighted by Crippen LogP contribution is -2.07. The molecule has 0 saturated carbocycles. The van der Waals surface area contributed by atoms with E-state index in [0.717, 1.165) is 12.2 Å². The maximum Gasteiger partial charge on any atom is 0.304 e. The molecule has 11 heavy (non-hydrogen) atoms. The molecule has 1 rings (SSSR count). The van der Waals surface area contributed by atoms with Gasteiger partial charge in [-0.2, -0.15) is 0 Å². The second kappa shape index (κ2) is 3.54. The van der Waals surface area contributed by atoms with E-state index in [4.69, 9.17) is 5.11 Å². The number of carboxylic acid groups (broad SMARTS) is 1. The molecule has 0 aromatic rings. The molecule has 1 N–H and O–H groups in total. The molecule has 0 amide bonds. The number of hydrogen-bond donors (Lipinski definition) is 1. The van der Waals surface area contributed by atoms with Crippen molar-refractivity contribution in [1.82, 2.24) is 0 Å². The lowest BCUT2D eigenvalue weighted by atomic mass is 10.2. The van der Waals surface area contributed by atoms with E-state index in [1.807, 2.05) is 0 Å². The summed E-state index contributed by atoms with van der Waals surface area (Å²) in [6.45, 7) is 0. The zero-order chi connectivity index (χ0) is 8.43. The van der Waals surface area contributed by atoms with Crippen molar-refractivity contribution in [3.05, 3.63) is 0 Å². The quantitative estimate of drug-likeness (QED) is 0.532. The third kappa shape index (κ3) is 2.17. The van der Waals surface area contributed by atoms with Crippen LogP contribution in [0.25, 0.3) is 0 Å². The fourth-order valence-corrected chi connectivity index (χ4v) is 5.67. The van der Waals surface area contributed by atoms with Gasteiger partial charge in [0.05, 0.1) is 6.42 Å². The zero-order valence-electron chi connectivity index (χ0n) is 6.28. The van der Waals surface area contributed by atoms with Gasteiger partial charge in [0.2, 0.25) is 0 Å². The van der Waals surface area contributed by atoms with Gasteiger partial charge < -0.3 is 5.11 Å². The van der Waals surface area contributed by atoms with Crippen molar-refractivity contribution in [1.29, 1.82) is 0 Å². The zero-order valence-corrected chi connectivity index (χ0v) is 7.92. The summed E-state index contributed by atoms with van der Waals surface area (Å²) in [6, 6.07) is 0. The summed E-state index contributed by atoms with van der Waals surface area (Å²) < 4.78 is 0. The first-order valence-corrected chi connectivity index (χ1v) is 6.90. The largest absolute Gasteiger partial charge is 0.481 e. The number of aliphatic carboxylic acids is 1. The molecule has 4 heteroatoms. The fourth-order valence-electron chi connectivity index (χ4n) is 1.08. The van der Waals surface area contributed by atoms with E-state index in [1.54, 1.807) is 0 Å². The van der Waals surface area contributed by atoms with E-state index in [0.29, 0.717) is 5.25 Å². The van der Waals surface area contributed by atoms with Crippen LogP contribution in [-0.2, 0) is 4.79 Å². The van der Waals surface area contributed by atoms with Crippen LogP contribution in [0.5, 0.6) is 0 Å². The van der Waals surface area contributed by atoms with E-state index in [2.05, 4.69) is 11.7 Å². The van der Waals surface area contributed by atoms with Crippen molar-refractivity contribution in [3.63, 3.8) is 0 Å². The second-order valence-electron chi connectivity index (χ2n) is 2.53. The normalized spacial score (nSPS) is 37.3. The molecule has 1 aliphatic heterocycles. The Morgan fingerprint density at radius 3 is 2.64 bits per heavy atom. The predicted octanol–water partition coefficient (Wildman–Crippen LogP) is 1.55. The molecule has 1 heterocycles. The summed E-state index contributed by atoms with van der Waals surface area (Å²) in [5.74, 6) is 8.30. The third-order valence-electron chi connectivity index (χ3n) is 1.74. The Morgan fingerprint density at radius 2 is 2.27 bits per heavy atom. The molecule has 64 valence electrons. The van der Waals surface area contributed by atoms with Gasteiger partial charge in [0.15, 0.2) is 0 Å². The monoisotopic (exact) mass is 192 g/mol. The number of carbonyl (C=O) groups is 1. The molecule has 0 spiro atoms. The number of carboxylic acids is 1. The summed E-state index contributed by atoms with van der Waals surface area (Å²) in [7, 11) is 0.149. The van der Waals surface area contributed by atoms with Gasteiger partial charge in [0, 0.05) is 5.25 Å². The van der Waals surface area contributed by atoms with Crippen LogP contribution in [-0.4, -0.2) is 33.8 Å². The van der Waals surface area contributed by atoms with Gasteiger partial charge in [0.1, 0.15) is 0 Å². The van der Waals surface area contributed by atoms with Crippen LogP contribution < -0.4 is 0 Å². The topological polar surface area (TPSA) is 37.3 Å². The number of rotatable bonds is 2. The van der Waals surface area contributed by atoms with Gasteiger partial charge in [-0.15, -0.1) is 19.0 Å². The molecule has 0 radical (unpaired) electrons. The summed E-state index contributed by atoms with van der Waals surface area (Å²) >= 11 is 0. The van der Waals surface area contributed by atoms with Crippen LogP contribution in [0.15, 0.2) is 0 Å². The van der Waals surface area contributed by atoms with E-state index < -0.39 is 5.97 Å². The lowest BCUT2D eigenvalue weighted by Gasteiger charge is -2.07. The molecule has 1 saturated heterocycles. The smallest absolute Gasteiger partial charge is 0.304 e. The van der Waals surface area contributed by atoms with Crippen LogP contribution in [0.3, 0.4) is 0 Å². The summed E-state index contributed by atoms with van der Waals surface area (Å²) in [6.07, 6.45) is 1.29. The van der Waals surface area contributed by atoms with Gasteiger partial charge in [-0.1, -0.05) is 11.7 Å². The van der Waals surface area contributed by atoms with Gasteiger partial charge in [-0.3, -0.25) is 4.79 Å². The summed E-state index contributed by atoms with van der Waals surface area (Å²) in [4.78, 5) is 10.4. The van der Waals surface area contributed by atoms with Crippen molar-refractivity contribution in [3.8, 4) is 0 Å². The van der Waals surface area contributed by atoms with E-state index in [-0.39, 0.29) is 25.5 Å². The molecule has 1 aliphatic rings. The summed E-state index contributed by atoms with van der Waals surface area (Å²) in [5.41, 5.74) is 0. The van der Waals surface area contributed by atoms with Gasteiger partial charge in [-0.05, 0) is 12.2 Å². The molecule has 2 nitrogen and oxygen atoms in total.